The van der Waals surface area contributed by atoms with E-state index >= 15 is 0 Å². The molecule has 1 saturated heterocycles. The van der Waals surface area contributed by atoms with Crippen LogP contribution in [0.15, 0.2) is 53.3 Å². The zero-order valence-corrected chi connectivity index (χ0v) is 13.3. The fraction of sp³-hybridized carbons (Fsp3) is 0.176. The first kappa shape index (κ1) is 14.8. The van der Waals surface area contributed by atoms with Gasteiger partial charge in [-0.05, 0) is 36.2 Å². The summed E-state index contributed by atoms with van der Waals surface area (Å²) < 4.78 is 5.18. The van der Waals surface area contributed by atoms with Crippen molar-refractivity contribution in [3.05, 3.63) is 65.2 Å². The molecule has 1 aliphatic heterocycles. The lowest BCUT2D eigenvalue weighted by atomic mass is 9.94. The third-order valence-electron chi connectivity index (χ3n) is 4.06. The number of halogens is 1. The van der Waals surface area contributed by atoms with Crippen LogP contribution in [0.2, 0.25) is 5.02 Å². The lowest BCUT2D eigenvalue weighted by molar-refractivity contribution is 0.0444. The van der Waals surface area contributed by atoms with Crippen molar-refractivity contribution in [2.75, 3.05) is 6.54 Å². The van der Waals surface area contributed by atoms with Crippen molar-refractivity contribution in [2.24, 2.45) is 0 Å². The minimum atomic E-state index is -0.236. The van der Waals surface area contributed by atoms with Gasteiger partial charge in [-0.15, -0.1) is 0 Å². The Kier molecular flexibility index (Phi) is 3.74. The minimum Gasteiger partial charge on any atom is -0.333 e. The van der Waals surface area contributed by atoms with Crippen LogP contribution in [0.3, 0.4) is 0 Å². The predicted molar refractivity (Wildman–Crippen MR) is 87.4 cm³/mol. The monoisotopic (exact) mass is 340 g/mol. The van der Waals surface area contributed by atoms with Crippen molar-refractivity contribution >= 4 is 17.5 Å². The number of amides is 1. The molecule has 120 valence electrons. The van der Waals surface area contributed by atoms with Gasteiger partial charge in [0, 0.05) is 24.0 Å². The van der Waals surface area contributed by atoms with Crippen molar-refractivity contribution in [1.29, 1.82) is 0 Å². The zero-order valence-electron chi connectivity index (χ0n) is 12.6. The average Bonchev–Trinajstić information content (AvgIpc) is 3.07. The molecule has 1 aromatic carbocycles. The highest BCUT2D eigenvalue weighted by Crippen LogP contribution is 2.34. The predicted octanol–water partition coefficient (Wildman–Crippen LogP) is 3.37. The molecule has 3 heterocycles. The number of benzene rings is 1. The van der Waals surface area contributed by atoms with Gasteiger partial charge in [0.1, 0.15) is 0 Å². The SMILES string of the molecule is O=C(c1noc(-c2cccnc2)n1)N1CCC1c1ccc(Cl)cc1. The summed E-state index contributed by atoms with van der Waals surface area (Å²) in [5.74, 6) is 0.114. The molecule has 7 heteroatoms. The fourth-order valence-electron chi connectivity index (χ4n) is 2.71. The summed E-state index contributed by atoms with van der Waals surface area (Å²) in [4.78, 5) is 22.6. The number of pyridine rings is 1. The van der Waals surface area contributed by atoms with E-state index in [-0.39, 0.29) is 23.7 Å². The molecule has 1 atom stereocenters. The molecule has 4 rings (SSSR count). The molecule has 6 nitrogen and oxygen atoms in total. The number of rotatable bonds is 3. The van der Waals surface area contributed by atoms with Crippen molar-refractivity contribution in [2.45, 2.75) is 12.5 Å². The second-order valence-corrected chi connectivity index (χ2v) is 5.96. The molecule has 1 aliphatic rings. The van der Waals surface area contributed by atoms with Crippen molar-refractivity contribution < 1.29 is 9.32 Å². The Morgan fingerprint density at radius 3 is 2.75 bits per heavy atom. The first-order valence-electron chi connectivity index (χ1n) is 7.53. The number of hydrogen-bond donors (Lipinski definition) is 0. The smallest absolute Gasteiger partial charge is 0.295 e. The van der Waals surface area contributed by atoms with Crippen LogP contribution in [-0.4, -0.2) is 32.5 Å². The molecule has 0 aliphatic carbocycles. The normalized spacial score (nSPS) is 16.7. The third-order valence-corrected chi connectivity index (χ3v) is 4.31. The van der Waals surface area contributed by atoms with E-state index < -0.39 is 0 Å². The molecule has 2 aromatic heterocycles. The maximum atomic E-state index is 12.6. The number of carbonyl (C=O) groups excluding carboxylic acids is 1. The van der Waals surface area contributed by atoms with E-state index in [0.717, 1.165) is 12.0 Å². The van der Waals surface area contributed by atoms with Crippen LogP contribution in [0.25, 0.3) is 11.5 Å². The Morgan fingerprint density at radius 1 is 1.25 bits per heavy atom. The van der Waals surface area contributed by atoms with Gasteiger partial charge in [-0.3, -0.25) is 9.78 Å². The van der Waals surface area contributed by atoms with Gasteiger partial charge in [-0.25, -0.2) is 0 Å². The maximum absolute atomic E-state index is 12.6. The quantitative estimate of drug-likeness (QED) is 0.731. The van der Waals surface area contributed by atoms with Crippen LogP contribution in [0.4, 0.5) is 0 Å². The van der Waals surface area contributed by atoms with Gasteiger partial charge in [0.2, 0.25) is 0 Å². The highest BCUT2D eigenvalue weighted by atomic mass is 35.5. The molecule has 0 bridgehead atoms. The molecule has 0 spiro atoms. The van der Waals surface area contributed by atoms with Gasteiger partial charge < -0.3 is 9.42 Å². The van der Waals surface area contributed by atoms with Crippen LogP contribution >= 0.6 is 11.6 Å². The van der Waals surface area contributed by atoms with Crippen LogP contribution in [-0.2, 0) is 0 Å². The molecule has 1 fully saturated rings. The van der Waals surface area contributed by atoms with Crippen LogP contribution < -0.4 is 0 Å². The third kappa shape index (κ3) is 2.65. The molecule has 1 amide bonds. The summed E-state index contributed by atoms with van der Waals surface area (Å²) >= 11 is 5.92. The minimum absolute atomic E-state index is 0.0232. The van der Waals surface area contributed by atoms with E-state index in [2.05, 4.69) is 15.1 Å². The highest BCUT2D eigenvalue weighted by molar-refractivity contribution is 6.30. The summed E-state index contributed by atoms with van der Waals surface area (Å²) in [6, 6.07) is 11.1. The fourth-order valence-corrected chi connectivity index (χ4v) is 2.83. The van der Waals surface area contributed by atoms with E-state index in [4.69, 9.17) is 16.1 Å². The summed E-state index contributed by atoms with van der Waals surface area (Å²) in [6.07, 6.45) is 4.17. The topological polar surface area (TPSA) is 72.1 Å². The highest BCUT2D eigenvalue weighted by Gasteiger charge is 2.36. The van der Waals surface area contributed by atoms with Gasteiger partial charge in [0.15, 0.2) is 0 Å². The number of carbonyl (C=O) groups is 1. The lowest BCUT2D eigenvalue weighted by Gasteiger charge is -2.40. The van der Waals surface area contributed by atoms with Gasteiger partial charge in [0.05, 0.1) is 11.6 Å². The molecule has 3 aromatic rings. The van der Waals surface area contributed by atoms with E-state index in [1.54, 1.807) is 29.4 Å². The molecule has 0 N–H and O–H groups in total. The summed E-state index contributed by atoms with van der Waals surface area (Å²) in [5, 5.41) is 4.49. The van der Waals surface area contributed by atoms with Crippen molar-refractivity contribution in [3.8, 4) is 11.5 Å². The first-order valence-corrected chi connectivity index (χ1v) is 7.91. The maximum Gasteiger partial charge on any atom is 0.295 e. The van der Waals surface area contributed by atoms with E-state index in [1.807, 2.05) is 24.3 Å². The average molecular weight is 341 g/mol. The number of hydrogen-bond acceptors (Lipinski definition) is 5. The lowest BCUT2D eigenvalue weighted by Crippen LogP contribution is -2.45. The Balaban J connectivity index is 1.54. The molecule has 24 heavy (non-hydrogen) atoms. The summed E-state index contributed by atoms with van der Waals surface area (Å²) in [5.41, 5.74) is 1.73. The van der Waals surface area contributed by atoms with E-state index in [9.17, 15) is 4.79 Å². The Hall–Kier alpha value is -2.73. The Labute approximate surface area is 143 Å². The number of aromatic nitrogens is 3. The Bertz CT molecular complexity index is 864. The van der Waals surface area contributed by atoms with Crippen LogP contribution in [0.1, 0.15) is 28.6 Å². The first-order chi connectivity index (χ1) is 11.7. The second kappa shape index (κ2) is 6.05. The molecular weight excluding hydrogens is 328 g/mol. The van der Waals surface area contributed by atoms with Gasteiger partial charge in [-0.2, -0.15) is 4.98 Å². The largest absolute Gasteiger partial charge is 0.333 e. The number of likely N-dealkylation sites (tertiary alicyclic amines) is 1. The standard InChI is InChI=1S/C17H13ClN4O2/c18-13-5-3-11(4-6-13)14-7-9-22(14)17(23)15-20-16(24-21-15)12-2-1-8-19-10-12/h1-6,8,10,14H,7,9H2. The van der Waals surface area contributed by atoms with Crippen LogP contribution in [0, 0.1) is 0 Å². The van der Waals surface area contributed by atoms with E-state index in [0.29, 0.717) is 17.1 Å². The molecular formula is C17H13ClN4O2. The van der Waals surface area contributed by atoms with Crippen molar-refractivity contribution in [3.63, 3.8) is 0 Å². The molecule has 0 saturated carbocycles. The molecule has 0 radical (unpaired) electrons. The van der Waals surface area contributed by atoms with Gasteiger partial charge >= 0.3 is 0 Å². The second-order valence-electron chi connectivity index (χ2n) is 5.52. The Morgan fingerprint density at radius 2 is 2.08 bits per heavy atom. The summed E-state index contributed by atoms with van der Waals surface area (Å²) in [7, 11) is 0. The van der Waals surface area contributed by atoms with Crippen molar-refractivity contribution in [1.82, 2.24) is 20.0 Å². The van der Waals surface area contributed by atoms with E-state index in [1.165, 1.54) is 0 Å². The van der Waals surface area contributed by atoms with Crippen LogP contribution in [0.5, 0.6) is 0 Å². The summed E-state index contributed by atoms with van der Waals surface area (Å²) in [6.45, 7) is 0.670. The van der Waals surface area contributed by atoms with Gasteiger partial charge in [-0.1, -0.05) is 28.9 Å². The molecule has 1 unspecified atom stereocenters. The zero-order chi connectivity index (χ0) is 16.5. The number of nitrogens with zero attached hydrogens (tertiary/aromatic N) is 4. The van der Waals surface area contributed by atoms with Gasteiger partial charge in [0.25, 0.3) is 17.6 Å².